The minimum Gasteiger partial charge on any atom is -0.354 e. The van der Waals surface area contributed by atoms with Crippen LogP contribution in [0.4, 0.5) is 17.6 Å². The van der Waals surface area contributed by atoms with Crippen molar-refractivity contribution in [3.8, 4) is 0 Å². The molecule has 0 bridgehead atoms. The summed E-state index contributed by atoms with van der Waals surface area (Å²) in [5, 5.41) is 1.76. The topological polar surface area (TPSA) is 38.3 Å². The molecular weight excluding hydrogens is 194 g/mol. The summed E-state index contributed by atoms with van der Waals surface area (Å²) < 4.78 is 53.3. The molecule has 0 aromatic carbocycles. The SMILES string of the molecule is O=CC1NC(C(F)F)(C(F)F)CO1. The maximum absolute atomic E-state index is 12.2. The number of carbonyl (C=O) groups excluding carboxylic acids is 1. The number of hydrogen-bond acceptors (Lipinski definition) is 3. The van der Waals surface area contributed by atoms with Crippen LogP contribution in [0.5, 0.6) is 0 Å². The Morgan fingerprint density at radius 2 is 1.92 bits per heavy atom. The molecule has 0 aromatic rings. The van der Waals surface area contributed by atoms with Crippen LogP contribution in [0.25, 0.3) is 0 Å². The zero-order valence-corrected chi connectivity index (χ0v) is 6.34. The normalized spacial score (nSPS) is 27.1. The van der Waals surface area contributed by atoms with E-state index in [0.717, 1.165) is 0 Å². The fraction of sp³-hybridized carbons (Fsp3) is 0.833. The van der Waals surface area contributed by atoms with E-state index in [1.165, 1.54) is 0 Å². The lowest BCUT2D eigenvalue weighted by molar-refractivity contribution is -0.116. The second kappa shape index (κ2) is 3.59. The van der Waals surface area contributed by atoms with Gasteiger partial charge in [0.15, 0.2) is 18.1 Å². The van der Waals surface area contributed by atoms with E-state index in [9.17, 15) is 22.4 Å². The van der Waals surface area contributed by atoms with Crippen LogP contribution in [0.15, 0.2) is 0 Å². The zero-order chi connectivity index (χ0) is 10.1. The van der Waals surface area contributed by atoms with Crippen molar-refractivity contribution in [3.05, 3.63) is 0 Å². The van der Waals surface area contributed by atoms with Gasteiger partial charge in [0.25, 0.3) is 12.9 Å². The number of carbonyl (C=O) groups is 1. The summed E-state index contributed by atoms with van der Waals surface area (Å²) in [5.41, 5.74) is -2.70. The van der Waals surface area contributed by atoms with Gasteiger partial charge in [0.05, 0.1) is 6.61 Å². The summed E-state index contributed by atoms with van der Waals surface area (Å²) >= 11 is 0. The van der Waals surface area contributed by atoms with Crippen molar-refractivity contribution in [2.75, 3.05) is 6.61 Å². The summed E-state index contributed by atoms with van der Waals surface area (Å²) in [6.07, 6.45) is -7.77. The van der Waals surface area contributed by atoms with E-state index in [1.54, 1.807) is 5.32 Å². The van der Waals surface area contributed by atoms with Crippen molar-refractivity contribution in [2.24, 2.45) is 0 Å². The number of aldehydes is 1. The Bertz CT molecular complexity index is 191. The highest BCUT2D eigenvalue weighted by Crippen LogP contribution is 2.29. The highest BCUT2D eigenvalue weighted by molar-refractivity contribution is 5.56. The molecule has 0 amide bonds. The quantitative estimate of drug-likeness (QED) is 0.530. The second-order valence-electron chi connectivity index (χ2n) is 2.65. The van der Waals surface area contributed by atoms with Crippen LogP contribution in [0.3, 0.4) is 0 Å². The predicted octanol–water partition coefficient (Wildman–Crippen LogP) is 0.400. The molecule has 0 aliphatic carbocycles. The van der Waals surface area contributed by atoms with E-state index in [4.69, 9.17) is 0 Å². The van der Waals surface area contributed by atoms with Gasteiger partial charge in [-0.3, -0.25) is 10.1 Å². The first-order valence-electron chi connectivity index (χ1n) is 3.44. The molecule has 76 valence electrons. The second-order valence-corrected chi connectivity index (χ2v) is 2.65. The highest BCUT2D eigenvalue weighted by atomic mass is 19.3. The number of alkyl halides is 4. The number of halogens is 4. The van der Waals surface area contributed by atoms with Gasteiger partial charge in [-0.15, -0.1) is 0 Å². The fourth-order valence-corrected chi connectivity index (χ4v) is 0.996. The van der Waals surface area contributed by atoms with Crippen LogP contribution < -0.4 is 5.32 Å². The van der Waals surface area contributed by atoms with E-state index >= 15 is 0 Å². The Balaban J connectivity index is 2.77. The molecule has 1 N–H and O–H groups in total. The first kappa shape index (κ1) is 10.4. The molecule has 13 heavy (non-hydrogen) atoms. The van der Waals surface area contributed by atoms with Gasteiger partial charge < -0.3 is 4.74 Å². The van der Waals surface area contributed by atoms with Crippen LogP contribution in [0, 0.1) is 0 Å². The smallest absolute Gasteiger partial charge is 0.264 e. The predicted molar refractivity (Wildman–Crippen MR) is 33.7 cm³/mol. The van der Waals surface area contributed by atoms with E-state index in [0.29, 0.717) is 0 Å². The number of ether oxygens (including phenoxy) is 1. The summed E-state index contributed by atoms with van der Waals surface area (Å²) in [4.78, 5) is 10.1. The van der Waals surface area contributed by atoms with Gasteiger partial charge in [-0.1, -0.05) is 0 Å². The summed E-state index contributed by atoms with van der Waals surface area (Å²) in [5.74, 6) is 0. The van der Waals surface area contributed by atoms with Crippen molar-refractivity contribution < 1.29 is 27.1 Å². The first-order valence-corrected chi connectivity index (χ1v) is 3.44. The van der Waals surface area contributed by atoms with Gasteiger partial charge in [0.1, 0.15) is 0 Å². The molecule has 1 saturated heterocycles. The standard InChI is InChI=1S/C6H7F4NO2/c7-4(8)6(5(9)10)2-13-3(1-12)11-6/h1,3-5,11H,2H2. The largest absolute Gasteiger partial charge is 0.354 e. The molecule has 0 spiro atoms. The number of nitrogens with one attached hydrogen (secondary N) is 1. The molecule has 1 fully saturated rings. The molecular formula is C6H7F4NO2. The molecule has 3 nitrogen and oxygen atoms in total. The third kappa shape index (κ3) is 1.66. The zero-order valence-electron chi connectivity index (χ0n) is 6.34. The van der Waals surface area contributed by atoms with Gasteiger partial charge in [0, 0.05) is 0 Å². The third-order valence-electron chi connectivity index (χ3n) is 1.82. The van der Waals surface area contributed by atoms with Crippen molar-refractivity contribution in [1.29, 1.82) is 0 Å². The Labute approximate surface area is 71.0 Å². The average molecular weight is 201 g/mol. The maximum Gasteiger partial charge on any atom is 0.264 e. The Kier molecular flexibility index (Phi) is 2.87. The van der Waals surface area contributed by atoms with Crippen molar-refractivity contribution >= 4 is 6.29 Å². The van der Waals surface area contributed by atoms with E-state index in [2.05, 4.69) is 4.74 Å². The maximum atomic E-state index is 12.2. The van der Waals surface area contributed by atoms with Crippen LogP contribution in [-0.2, 0) is 9.53 Å². The van der Waals surface area contributed by atoms with Crippen LogP contribution in [-0.4, -0.2) is 37.5 Å². The van der Waals surface area contributed by atoms with E-state index < -0.39 is 31.2 Å². The van der Waals surface area contributed by atoms with Gasteiger partial charge in [-0.25, -0.2) is 17.6 Å². The Morgan fingerprint density at radius 3 is 2.15 bits per heavy atom. The molecule has 1 unspecified atom stereocenters. The monoisotopic (exact) mass is 201 g/mol. The van der Waals surface area contributed by atoms with Crippen molar-refractivity contribution in [3.63, 3.8) is 0 Å². The fourth-order valence-electron chi connectivity index (χ4n) is 0.996. The number of rotatable bonds is 3. The summed E-state index contributed by atoms with van der Waals surface area (Å²) in [6, 6.07) is 0. The minimum absolute atomic E-state index is 0.159. The van der Waals surface area contributed by atoms with E-state index in [-0.39, 0.29) is 6.29 Å². The molecule has 0 radical (unpaired) electrons. The number of hydrogen-bond donors (Lipinski definition) is 1. The molecule has 0 aromatic heterocycles. The van der Waals surface area contributed by atoms with Crippen molar-refractivity contribution in [1.82, 2.24) is 5.32 Å². The molecule has 1 rings (SSSR count). The third-order valence-corrected chi connectivity index (χ3v) is 1.82. The first-order chi connectivity index (χ1) is 6.03. The van der Waals surface area contributed by atoms with Gasteiger partial charge in [-0.05, 0) is 0 Å². The van der Waals surface area contributed by atoms with Crippen LogP contribution in [0.1, 0.15) is 0 Å². The summed E-state index contributed by atoms with van der Waals surface area (Å²) in [6.45, 7) is -0.869. The molecule has 0 saturated carbocycles. The average Bonchev–Trinajstić information content (AvgIpc) is 2.48. The summed E-state index contributed by atoms with van der Waals surface area (Å²) in [7, 11) is 0. The van der Waals surface area contributed by atoms with Crippen molar-refractivity contribution in [2.45, 2.75) is 24.6 Å². The Hall–Kier alpha value is -0.690. The van der Waals surface area contributed by atoms with Crippen LogP contribution in [0.2, 0.25) is 0 Å². The van der Waals surface area contributed by atoms with E-state index in [1.807, 2.05) is 0 Å². The van der Waals surface area contributed by atoms with Gasteiger partial charge >= 0.3 is 0 Å². The molecule has 1 atom stereocenters. The lowest BCUT2D eigenvalue weighted by Crippen LogP contribution is -2.56. The highest BCUT2D eigenvalue weighted by Gasteiger charge is 2.54. The lowest BCUT2D eigenvalue weighted by Gasteiger charge is -2.25. The minimum atomic E-state index is -3.28. The van der Waals surface area contributed by atoms with Gasteiger partial charge in [0.2, 0.25) is 0 Å². The molecule has 1 heterocycles. The van der Waals surface area contributed by atoms with Crippen LogP contribution >= 0.6 is 0 Å². The van der Waals surface area contributed by atoms with Gasteiger partial charge in [-0.2, -0.15) is 0 Å². The Morgan fingerprint density at radius 1 is 1.38 bits per heavy atom. The lowest BCUT2D eigenvalue weighted by atomic mass is 10.0. The molecule has 1 aliphatic heterocycles. The molecule has 1 aliphatic rings. The molecule has 7 heteroatoms.